The molecule has 0 aliphatic heterocycles. The molecule has 0 saturated heterocycles. The molecule has 0 aliphatic rings. The molecule has 3 atom stereocenters. The van der Waals surface area contributed by atoms with E-state index in [0.29, 0.717) is 13.0 Å². The van der Waals surface area contributed by atoms with E-state index in [1.54, 1.807) is 0 Å². The molecule has 0 aliphatic carbocycles. The second kappa shape index (κ2) is 13.0. The second-order valence-electron chi connectivity index (χ2n) is 5.69. The van der Waals surface area contributed by atoms with Gasteiger partial charge in [-0.3, -0.25) is 0 Å². The van der Waals surface area contributed by atoms with Gasteiger partial charge in [-0.05, 0) is 20.3 Å². The zero-order chi connectivity index (χ0) is 17.2. The van der Waals surface area contributed by atoms with Crippen molar-refractivity contribution < 1.29 is 58.9 Å². The smallest absolute Gasteiger partial charge is 0.544 e. The molecule has 0 aromatic rings. The van der Waals surface area contributed by atoms with Crippen molar-refractivity contribution in [2.75, 3.05) is 19.7 Å². The number of unbranched alkanes of at least 4 members (excludes halogenated alkanes) is 2. The van der Waals surface area contributed by atoms with Crippen LogP contribution in [0, 0.1) is 0 Å². The molecular weight excluding hydrogens is 309 g/mol. The number of quaternary nitrogens is 1. The minimum Gasteiger partial charge on any atom is -0.544 e. The van der Waals surface area contributed by atoms with Gasteiger partial charge < -0.3 is 24.6 Å². The SMILES string of the molecule is CCCC/C=C/CC[N+](CCO)(C(C)C(=O)[O-])C(C)C(=O)O.[Na+]. The van der Waals surface area contributed by atoms with Gasteiger partial charge in [-0.2, -0.15) is 0 Å². The summed E-state index contributed by atoms with van der Waals surface area (Å²) in [5.74, 6) is -2.37. The van der Waals surface area contributed by atoms with E-state index in [9.17, 15) is 24.9 Å². The number of hydrogen-bond donors (Lipinski definition) is 2. The molecule has 23 heavy (non-hydrogen) atoms. The average Bonchev–Trinajstić information content (AvgIpc) is 2.47. The van der Waals surface area contributed by atoms with E-state index in [1.165, 1.54) is 13.8 Å². The van der Waals surface area contributed by atoms with Crippen molar-refractivity contribution in [3.8, 4) is 0 Å². The van der Waals surface area contributed by atoms with Crippen molar-refractivity contribution in [1.29, 1.82) is 0 Å². The van der Waals surface area contributed by atoms with E-state index in [1.807, 2.05) is 12.2 Å². The molecule has 0 spiro atoms. The Morgan fingerprint density at radius 2 is 1.70 bits per heavy atom. The Kier molecular flexibility index (Phi) is 14.0. The van der Waals surface area contributed by atoms with Crippen molar-refractivity contribution in [2.24, 2.45) is 0 Å². The molecule has 0 radical (unpaired) electrons. The van der Waals surface area contributed by atoms with Gasteiger partial charge in [-0.25, -0.2) is 4.79 Å². The Morgan fingerprint density at radius 1 is 1.13 bits per heavy atom. The molecule has 128 valence electrons. The van der Waals surface area contributed by atoms with Crippen LogP contribution in [0.3, 0.4) is 0 Å². The van der Waals surface area contributed by atoms with Crippen molar-refractivity contribution >= 4 is 11.9 Å². The average molecular weight is 338 g/mol. The number of rotatable bonds is 12. The van der Waals surface area contributed by atoms with Crippen LogP contribution < -0.4 is 34.7 Å². The van der Waals surface area contributed by atoms with Crippen molar-refractivity contribution in [3.63, 3.8) is 0 Å². The molecule has 0 rings (SSSR count). The first-order valence-electron chi connectivity index (χ1n) is 7.89. The molecular formula is C16H29NNaO5+. The van der Waals surface area contributed by atoms with Crippen LogP contribution in [0.5, 0.6) is 0 Å². The van der Waals surface area contributed by atoms with Gasteiger partial charge in [-0.15, -0.1) is 0 Å². The van der Waals surface area contributed by atoms with Crippen molar-refractivity contribution in [3.05, 3.63) is 12.2 Å². The van der Waals surface area contributed by atoms with E-state index in [-0.39, 0.29) is 47.2 Å². The first-order valence-corrected chi connectivity index (χ1v) is 7.89. The fourth-order valence-corrected chi connectivity index (χ4v) is 2.71. The molecule has 6 nitrogen and oxygen atoms in total. The van der Waals surface area contributed by atoms with Gasteiger partial charge in [0.1, 0.15) is 12.6 Å². The molecule has 0 bridgehead atoms. The van der Waals surface area contributed by atoms with E-state index >= 15 is 0 Å². The van der Waals surface area contributed by atoms with E-state index in [0.717, 1.165) is 19.3 Å². The van der Waals surface area contributed by atoms with Crippen LogP contribution in [0.4, 0.5) is 0 Å². The van der Waals surface area contributed by atoms with E-state index in [4.69, 9.17) is 0 Å². The van der Waals surface area contributed by atoms with Crippen LogP contribution in [-0.2, 0) is 9.59 Å². The normalized spacial score (nSPS) is 16.3. The first kappa shape index (κ1) is 24.8. The van der Waals surface area contributed by atoms with Gasteiger partial charge in [0.05, 0.1) is 19.1 Å². The fourth-order valence-electron chi connectivity index (χ4n) is 2.71. The molecule has 3 unspecified atom stereocenters. The number of carbonyl (C=O) groups excluding carboxylic acids is 1. The number of aliphatic hydroxyl groups is 1. The summed E-state index contributed by atoms with van der Waals surface area (Å²) >= 11 is 0. The quantitative estimate of drug-likeness (QED) is 0.178. The molecule has 0 fully saturated rings. The maximum atomic E-state index is 11.4. The second-order valence-corrected chi connectivity index (χ2v) is 5.69. The molecule has 0 heterocycles. The number of hydrogen-bond acceptors (Lipinski definition) is 4. The maximum absolute atomic E-state index is 11.4. The number of aliphatic carboxylic acids is 2. The topological polar surface area (TPSA) is 97.7 Å². The summed E-state index contributed by atoms with van der Waals surface area (Å²) in [7, 11) is 0. The number of carbonyl (C=O) groups is 2. The Balaban J connectivity index is 0. The number of aliphatic hydroxyl groups excluding tert-OH is 1. The largest absolute Gasteiger partial charge is 1.00 e. The van der Waals surface area contributed by atoms with Gasteiger partial charge in [0.15, 0.2) is 6.04 Å². The maximum Gasteiger partial charge on any atom is 1.00 e. The predicted molar refractivity (Wildman–Crippen MR) is 81.9 cm³/mol. The van der Waals surface area contributed by atoms with Crippen LogP contribution in [0.1, 0.15) is 46.5 Å². The Labute approximate surface area is 161 Å². The molecule has 7 heteroatoms. The minimum atomic E-state index is -1.29. The number of allylic oxidation sites excluding steroid dienone is 1. The van der Waals surface area contributed by atoms with Gasteiger partial charge >= 0.3 is 35.5 Å². The summed E-state index contributed by atoms with van der Waals surface area (Å²) < 4.78 is -0.216. The Bertz CT molecular complexity index is 367. The van der Waals surface area contributed by atoms with E-state index in [2.05, 4.69) is 6.92 Å². The fraction of sp³-hybridized carbons (Fsp3) is 0.750. The molecule has 0 aromatic carbocycles. The third-order valence-electron chi connectivity index (χ3n) is 4.36. The number of carboxylic acids is 2. The van der Waals surface area contributed by atoms with Gasteiger partial charge in [0.2, 0.25) is 0 Å². The zero-order valence-electron chi connectivity index (χ0n) is 14.8. The van der Waals surface area contributed by atoms with Crippen LogP contribution in [0.25, 0.3) is 0 Å². The van der Waals surface area contributed by atoms with E-state index < -0.39 is 24.0 Å². The Hall–Kier alpha value is -0.400. The summed E-state index contributed by atoms with van der Waals surface area (Å²) in [5.41, 5.74) is 0. The van der Waals surface area contributed by atoms with Gasteiger partial charge in [-0.1, -0.05) is 31.9 Å². The van der Waals surface area contributed by atoms with Crippen molar-refractivity contribution in [1.82, 2.24) is 0 Å². The standard InChI is InChI=1S/C16H29NO5.Na/c1-4-5-6-7-8-9-10-17(11-12-18,13(2)15(19)20)14(3)16(21)22;/h7-8,13-14,18H,4-6,9-12H2,1-3H3,(H-,19,20,21,22);/q;+1/b8-7+;. The van der Waals surface area contributed by atoms with Gasteiger partial charge in [0, 0.05) is 6.42 Å². The summed E-state index contributed by atoms with van der Waals surface area (Å²) in [6.45, 7) is 5.18. The van der Waals surface area contributed by atoms with Crippen LogP contribution >= 0.6 is 0 Å². The third-order valence-corrected chi connectivity index (χ3v) is 4.36. The molecule has 2 N–H and O–H groups in total. The first-order chi connectivity index (χ1) is 10.3. The van der Waals surface area contributed by atoms with Crippen LogP contribution in [-0.4, -0.2) is 58.4 Å². The number of nitrogens with zero attached hydrogens (tertiary/aromatic N) is 1. The van der Waals surface area contributed by atoms with Crippen LogP contribution in [0.2, 0.25) is 0 Å². The van der Waals surface area contributed by atoms with Crippen molar-refractivity contribution in [2.45, 2.75) is 58.5 Å². The summed E-state index contributed by atoms with van der Waals surface area (Å²) in [5, 5.41) is 29.9. The van der Waals surface area contributed by atoms with Crippen LogP contribution in [0.15, 0.2) is 12.2 Å². The monoisotopic (exact) mass is 338 g/mol. The molecule has 0 aromatic heterocycles. The summed E-state index contributed by atoms with van der Waals surface area (Å²) in [4.78, 5) is 22.7. The third kappa shape index (κ3) is 7.81. The Morgan fingerprint density at radius 3 is 2.13 bits per heavy atom. The zero-order valence-corrected chi connectivity index (χ0v) is 16.8. The number of carboxylic acid groups (broad SMARTS) is 2. The predicted octanol–water partition coefficient (Wildman–Crippen LogP) is -2.45. The van der Waals surface area contributed by atoms with Gasteiger partial charge in [0.25, 0.3) is 0 Å². The summed E-state index contributed by atoms with van der Waals surface area (Å²) in [6.07, 6.45) is 7.71. The molecule has 0 amide bonds. The minimum absolute atomic E-state index is 0. The summed E-state index contributed by atoms with van der Waals surface area (Å²) in [6, 6.07) is -1.92. The molecule has 0 saturated carbocycles.